The molecule has 1 aliphatic heterocycles. The van der Waals surface area contributed by atoms with Crippen LogP contribution in [0.3, 0.4) is 0 Å². The van der Waals surface area contributed by atoms with Crippen LogP contribution in [0.1, 0.15) is 41.8 Å². The number of hydrogen-bond donors (Lipinski definition) is 2. The lowest BCUT2D eigenvalue weighted by Gasteiger charge is -2.23. The molecule has 1 unspecified atom stereocenters. The lowest BCUT2D eigenvalue weighted by atomic mass is 9.95. The Balaban J connectivity index is 1.58. The number of hydrogen-bond acceptors (Lipinski definition) is 6. The third kappa shape index (κ3) is 3.75. The molecular formula is C26H24N2O3S2. The maximum Gasteiger partial charge on any atom is 0.240 e. The van der Waals surface area contributed by atoms with Gasteiger partial charge in [-0.2, -0.15) is 0 Å². The van der Waals surface area contributed by atoms with Gasteiger partial charge in [0.05, 0.1) is 11.4 Å². The van der Waals surface area contributed by atoms with Crippen LogP contribution in [0.15, 0.2) is 53.9 Å². The largest absolute Gasteiger partial charge is 0.508 e. The number of carbonyl (C=O) groups excluding carboxylic acids is 1. The van der Waals surface area contributed by atoms with Crippen molar-refractivity contribution in [2.24, 2.45) is 0 Å². The van der Waals surface area contributed by atoms with E-state index in [9.17, 15) is 15.0 Å². The molecule has 168 valence electrons. The second kappa shape index (κ2) is 8.39. The molecular weight excluding hydrogens is 452 g/mol. The highest BCUT2D eigenvalue weighted by molar-refractivity contribution is 8.00. The molecule has 1 atom stereocenters. The Bertz CT molecular complexity index is 1380. The molecule has 1 aliphatic rings. The number of phenolic OH excluding ortho intramolecular Hbond substituents is 2. The van der Waals surface area contributed by atoms with Gasteiger partial charge in [-0.15, -0.1) is 23.1 Å². The number of carbonyl (C=O) groups is 1. The Morgan fingerprint density at radius 3 is 2.67 bits per heavy atom. The molecule has 2 heterocycles. The summed E-state index contributed by atoms with van der Waals surface area (Å²) in [6, 6.07) is 15.2. The number of aryl methyl sites for hydroxylation is 1. The molecule has 5 rings (SSSR count). The summed E-state index contributed by atoms with van der Waals surface area (Å²) in [6.45, 7) is 6.04. The molecule has 3 aromatic carbocycles. The Hall–Kier alpha value is -3.03. The molecule has 7 heteroatoms. The van der Waals surface area contributed by atoms with Crippen LogP contribution in [0, 0.1) is 6.92 Å². The van der Waals surface area contributed by atoms with Gasteiger partial charge in [-0.3, -0.25) is 9.69 Å². The van der Waals surface area contributed by atoms with Crippen molar-refractivity contribution in [3.8, 4) is 22.8 Å². The summed E-state index contributed by atoms with van der Waals surface area (Å²) in [4.78, 5) is 19.5. The maximum atomic E-state index is 13.0. The van der Waals surface area contributed by atoms with Gasteiger partial charge in [0, 0.05) is 16.5 Å². The number of benzene rings is 3. The highest BCUT2D eigenvalue weighted by atomic mass is 32.2. The third-order valence-corrected chi connectivity index (χ3v) is 8.05. The molecule has 1 amide bonds. The van der Waals surface area contributed by atoms with Gasteiger partial charge in [-0.1, -0.05) is 44.2 Å². The summed E-state index contributed by atoms with van der Waals surface area (Å²) in [5.41, 5.74) is 4.27. The van der Waals surface area contributed by atoms with E-state index in [1.165, 1.54) is 23.1 Å². The van der Waals surface area contributed by atoms with E-state index in [-0.39, 0.29) is 22.9 Å². The van der Waals surface area contributed by atoms with Crippen LogP contribution < -0.4 is 4.90 Å². The lowest BCUT2D eigenvalue weighted by Crippen LogP contribution is -2.27. The van der Waals surface area contributed by atoms with Crippen molar-refractivity contribution in [3.63, 3.8) is 0 Å². The highest BCUT2D eigenvalue weighted by Gasteiger charge is 2.38. The van der Waals surface area contributed by atoms with Crippen LogP contribution in [0.2, 0.25) is 0 Å². The van der Waals surface area contributed by atoms with Crippen LogP contribution in [-0.4, -0.2) is 26.9 Å². The predicted octanol–water partition coefficient (Wildman–Crippen LogP) is 6.58. The zero-order valence-electron chi connectivity index (χ0n) is 18.6. The second-order valence-corrected chi connectivity index (χ2v) is 10.4. The molecule has 1 saturated heterocycles. The van der Waals surface area contributed by atoms with Gasteiger partial charge >= 0.3 is 0 Å². The minimum Gasteiger partial charge on any atom is -0.508 e. The Morgan fingerprint density at radius 2 is 1.88 bits per heavy atom. The summed E-state index contributed by atoms with van der Waals surface area (Å²) in [5, 5.41) is 25.2. The Labute approximate surface area is 200 Å². The van der Waals surface area contributed by atoms with E-state index >= 15 is 0 Å². The number of rotatable bonds is 4. The smallest absolute Gasteiger partial charge is 0.240 e. The zero-order valence-corrected chi connectivity index (χ0v) is 20.2. The second-order valence-electron chi connectivity index (χ2n) is 8.54. The summed E-state index contributed by atoms with van der Waals surface area (Å²) >= 11 is 2.92. The van der Waals surface area contributed by atoms with Gasteiger partial charge in [0.25, 0.3) is 0 Å². The summed E-state index contributed by atoms with van der Waals surface area (Å²) in [6.07, 6.45) is 0. The summed E-state index contributed by atoms with van der Waals surface area (Å²) < 4.78 is 0. The predicted molar refractivity (Wildman–Crippen MR) is 136 cm³/mol. The van der Waals surface area contributed by atoms with Crippen molar-refractivity contribution in [2.75, 3.05) is 10.7 Å². The van der Waals surface area contributed by atoms with Gasteiger partial charge < -0.3 is 10.2 Å². The Morgan fingerprint density at radius 1 is 1.09 bits per heavy atom. The number of thioether (sulfide) groups is 1. The van der Waals surface area contributed by atoms with Crippen LogP contribution in [0.25, 0.3) is 22.0 Å². The normalized spacial score (nSPS) is 16.3. The molecule has 0 spiro atoms. The van der Waals surface area contributed by atoms with Crippen molar-refractivity contribution in [1.82, 2.24) is 4.98 Å². The average Bonchev–Trinajstić information content (AvgIpc) is 3.40. The molecule has 2 N–H and O–H groups in total. The molecule has 4 aromatic rings. The molecule has 5 nitrogen and oxygen atoms in total. The van der Waals surface area contributed by atoms with Crippen molar-refractivity contribution in [3.05, 3.63) is 70.6 Å². The molecule has 1 fully saturated rings. The molecule has 1 aromatic heterocycles. The van der Waals surface area contributed by atoms with Gasteiger partial charge in [-0.25, -0.2) is 4.98 Å². The standard InChI is InChI=1S/C26H24N2O3S2/c1-14(2)18-11-19(15(3)10-22(18)30)20-12-33-26(27-20)28-23(31)13-32-25(28)24-17-7-5-4-6-16(17)8-9-21(24)29/h4-12,14,25,29-30H,13H2,1-3H3. The van der Waals surface area contributed by atoms with Gasteiger partial charge in [0.1, 0.15) is 16.9 Å². The number of amides is 1. The lowest BCUT2D eigenvalue weighted by molar-refractivity contribution is -0.115. The molecule has 0 saturated carbocycles. The van der Waals surface area contributed by atoms with Gasteiger partial charge in [0.15, 0.2) is 5.13 Å². The van der Waals surface area contributed by atoms with E-state index in [0.717, 1.165) is 38.7 Å². The van der Waals surface area contributed by atoms with Crippen LogP contribution in [-0.2, 0) is 4.79 Å². The molecule has 0 bridgehead atoms. The highest BCUT2D eigenvalue weighted by Crippen LogP contribution is 2.48. The van der Waals surface area contributed by atoms with Crippen molar-refractivity contribution in [2.45, 2.75) is 32.1 Å². The van der Waals surface area contributed by atoms with E-state index in [1.54, 1.807) is 17.0 Å². The monoisotopic (exact) mass is 476 g/mol. The van der Waals surface area contributed by atoms with Gasteiger partial charge in [-0.05, 0) is 52.9 Å². The van der Waals surface area contributed by atoms with Crippen molar-refractivity contribution >= 4 is 44.9 Å². The number of thiazole rings is 1. The number of fused-ring (bicyclic) bond motifs is 1. The molecule has 33 heavy (non-hydrogen) atoms. The fourth-order valence-corrected chi connectivity index (χ4v) is 6.49. The quantitative estimate of drug-likeness (QED) is 0.348. The average molecular weight is 477 g/mol. The first kappa shape index (κ1) is 21.8. The minimum absolute atomic E-state index is 0.0245. The maximum absolute atomic E-state index is 13.0. The van der Waals surface area contributed by atoms with E-state index in [0.29, 0.717) is 16.6 Å². The summed E-state index contributed by atoms with van der Waals surface area (Å²) in [5.74, 6) is 0.956. The topological polar surface area (TPSA) is 73.7 Å². The first-order valence-electron chi connectivity index (χ1n) is 10.8. The van der Waals surface area contributed by atoms with Crippen LogP contribution in [0.4, 0.5) is 5.13 Å². The van der Waals surface area contributed by atoms with E-state index < -0.39 is 0 Å². The number of aromatic nitrogens is 1. The fourth-order valence-electron chi connectivity index (χ4n) is 4.33. The number of nitrogens with zero attached hydrogens (tertiary/aromatic N) is 2. The third-order valence-electron chi connectivity index (χ3n) is 6.03. The number of phenols is 2. The minimum atomic E-state index is -0.352. The van der Waals surface area contributed by atoms with E-state index in [2.05, 4.69) is 0 Å². The van der Waals surface area contributed by atoms with E-state index in [1.807, 2.05) is 62.5 Å². The van der Waals surface area contributed by atoms with E-state index in [4.69, 9.17) is 4.98 Å². The zero-order chi connectivity index (χ0) is 23.3. The molecule has 0 radical (unpaired) electrons. The first-order valence-corrected chi connectivity index (χ1v) is 12.7. The van der Waals surface area contributed by atoms with Crippen LogP contribution >= 0.6 is 23.1 Å². The fraction of sp³-hybridized carbons (Fsp3) is 0.231. The number of aromatic hydroxyl groups is 2. The Kier molecular flexibility index (Phi) is 5.54. The van der Waals surface area contributed by atoms with Crippen LogP contribution in [0.5, 0.6) is 11.5 Å². The van der Waals surface area contributed by atoms with Crippen molar-refractivity contribution < 1.29 is 15.0 Å². The van der Waals surface area contributed by atoms with Gasteiger partial charge in [0.2, 0.25) is 5.91 Å². The first-order chi connectivity index (χ1) is 15.8. The molecule has 0 aliphatic carbocycles. The SMILES string of the molecule is Cc1cc(O)c(C(C)C)cc1-c1csc(N2C(=O)CSC2c2c(O)ccc3ccccc23)n1. The summed E-state index contributed by atoms with van der Waals surface area (Å²) in [7, 11) is 0. The number of anilines is 1. The van der Waals surface area contributed by atoms with Crippen molar-refractivity contribution in [1.29, 1.82) is 0 Å².